The van der Waals surface area contributed by atoms with E-state index in [2.05, 4.69) is 15.6 Å². The van der Waals surface area contributed by atoms with E-state index in [1.165, 1.54) is 64.2 Å². The van der Waals surface area contributed by atoms with E-state index in [9.17, 15) is 9.59 Å². The molecule has 0 saturated heterocycles. The summed E-state index contributed by atoms with van der Waals surface area (Å²) in [6.07, 6.45) is 13.2. The summed E-state index contributed by atoms with van der Waals surface area (Å²) in [5.74, 6) is 7.12. The third kappa shape index (κ3) is 4.15. The number of benzene rings is 2. The maximum atomic E-state index is 13.3. The summed E-state index contributed by atoms with van der Waals surface area (Å²) in [7, 11) is 0. The van der Waals surface area contributed by atoms with Crippen LogP contribution in [0.3, 0.4) is 0 Å². The summed E-state index contributed by atoms with van der Waals surface area (Å²) in [6, 6.07) is 14.2. The largest absolute Gasteiger partial charge is 0.349 e. The van der Waals surface area contributed by atoms with Gasteiger partial charge in [-0.25, -0.2) is 4.98 Å². The fraction of sp³-hybridized carbons (Fsp3) is 0.571. The molecule has 6 nitrogen and oxygen atoms in total. The van der Waals surface area contributed by atoms with Crippen LogP contribution >= 0.6 is 0 Å². The molecule has 2 aromatic carbocycles. The van der Waals surface area contributed by atoms with Gasteiger partial charge in [-0.3, -0.25) is 9.59 Å². The summed E-state index contributed by atoms with van der Waals surface area (Å²) in [5, 5.41) is 6.85. The molecule has 8 aliphatic rings. The second kappa shape index (κ2) is 9.17. The van der Waals surface area contributed by atoms with Gasteiger partial charge in [0.05, 0.1) is 11.0 Å². The number of nitrogens with zero attached hydrogens (tertiary/aromatic N) is 1. The molecule has 41 heavy (non-hydrogen) atoms. The summed E-state index contributed by atoms with van der Waals surface area (Å²) < 4.78 is 0. The molecular weight excluding hydrogens is 508 g/mol. The lowest BCUT2D eigenvalue weighted by molar-refractivity contribution is -0.0119. The van der Waals surface area contributed by atoms with E-state index < -0.39 is 0 Å². The van der Waals surface area contributed by atoms with Crippen molar-refractivity contribution in [2.24, 2.45) is 47.3 Å². The monoisotopic (exact) mass is 548 g/mol. The molecule has 0 aliphatic heterocycles. The van der Waals surface area contributed by atoms with E-state index in [0.717, 1.165) is 46.1 Å². The Bertz CT molecular complexity index is 1470. The van der Waals surface area contributed by atoms with Crippen molar-refractivity contribution in [2.75, 3.05) is 0 Å². The van der Waals surface area contributed by atoms with Crippen molar-refractivity contribution in [3.05, 3.63) is 53.6 Å². The van der Waals surface area contributed by atoms with E-state index in [-0.39, 0.29) is 11.8 Å². The van der Waals surface area contributed by atoms with Gasteiger partial charge in [-0.05, 0) is 142 Å². The van der Waals surface area contributed by atoms with Crippen molar-refractivity contribution >= 4 is 22.8 Å². The highest BCUT2D eigenvalue weighted by Gasteiger charge is 2.49. The Labute approximate surface area is 241 Å². The maximum absolute atomic E-state index is 13.3. The number of aromatic nitrogens is 2. The highest BCUT2D eigenvalue weighted by molar-refractivity contribution is 5.98. The normalized spacial score (nSPS) is 38.0. The molecule has 6 heteroatoms. The van der Waals surface area contributed by atoms with Crippen LogP contribution in [0.4, 0.5) is 0 Å². The smallest absolute Gasteiger partial charge is 0.251 e. The van der Waals surface area contributed by atoms with Crippen LogP contribution in [0.5, 0.6) is 0 Å². The van der Waals surface area contributed by atoms with Gasteiger partial charge in [-0.1, -0.05) is 12.1 Å². The zero-order valence-corrected chi connectivity index (χ0v) is 23.6. The highest BCUT2D eigenvalue weighted by atomic mass is 16.2. The maximum Gasteiger partial charge on any atom is 0.251 e. The van der Waals surface area contributed by atoms with Crippen molar-refractivity contribution in [1.29, 1.82) is 0 Å². The lowest BCUT2D eigenvalue weighted by atomic mass is 9.54. The Morgan fingerprint density at radius 2 is 1.07 bits per heavy atom. The molecular formula is C35H40N4O2. The second-order valence-corrected chi connectivity index (χ2v) is 14.8. The molecule has 1 aromatic heterocycles. The topological polar surface area (TPSA) is 86.9 Å². The van der Waals surface area contributed by atoms with Crippen LogP contribution in [0.15, 0.2) is 42.5 Å². The van der Waals surface area contributed by atoms with Gasteiger partial charge in [0, 0.05) is 28.8 Å². The Balaban J connectivity index is 0.884. The van der Waals surface area contributed by atoms with Crippen LogP contribution in [0, 0.1) is 47.3 Å². The zero-order chi connectivity index (χ0) is 27.2. The molecule has 2 amide bonds. The Kier molecular flexibility index (Phi) is 5.47. The number of carbonyl (C=O) groups is 2. The molecule has 3 N–H and O–H groups in total. The molecule has 0 spiro atoms. The van der Waals surface area contributed by atoms with E-state index in [1.54, 1.807) is 0 Å². The van der Waals surface area contributed by atoms with Crippen LogP contribution in [0.2, 0.25) is 0 Å². The van der Waals surface area contributed by atoms with Crippen molar-refractivity contribution in [3.63, 3.8) is 0 Å². The van der Waals surface area contributed by atoms with Crippen molar-refractivity contribution in [2.45, 2.75) is 76.3 Å². The number of hydrogen-bond acceptors (Lipinski definition) is 3. The number of aromatic amines is 1. The lowest BCUT2D eigenvalue weighted by Crippen LogP contribution is -2.55. The molecule has 11 rings (SSSR count). The second-order valence-electron chi connectivity index (χ2n) is 14.8. The summed E-state index contributed by atoms with van der Waals surface area (Å²) >= 11 is 0. The van der Waals surface area contributed by atoms with Crippen LogP contribution in [0.1, 0.15) is 84.9 Å². The molecule has 0 atom stereocenters. The molecule has 212 valence electrons. The number of carbonyl (C=O) groups excluding carboxylic acids is 2. The first-order valence-corrected chi connectivity index (χ1v) is 16.2. The van der Waals surface area contributed by atoms with Crippen LogP contribution in [0.25, 0.3) is 22.4 Å². The Morgan fingerprint density at radius 3 is 1.59 bits per heavy atom. The summed E-state index contributed by atoms with van der Waals surface area (Å²) in [4.78, 5) is 34.7. The fourth-order valence-corrected chi connectivity index (χ4v) is 10.9. The zero-order valence-electron chi connectivity index (χ0n) is 23.6. The van der Waals surface area contributed by atoms with Gasteiger partial charge in [0.15, 0.2) is 0 Å². The lowest BCUT2D eigenvalue weighted by Gasteiger charge is -2.54. The van der Waals surface area contributed by atoms with E-state index in [1.807, 2.05) is 42.5 Å². The minimum Gasteiger partial charge on any atom is -0.349 e. The molecule has 8 aliphatic carbocycles. The van der Waals surface area contributed by atoms with Gasteiger partial charge in [-0.15, -0.1) is 0 Å². The van der Waals surface area contributed by atoms with Gasteiger partial charge in [0.2, 0.25) is 0 Å². The van der Waals surface area contributed by atoms with Gasteiger partial charge in [0.25, 0.3) is 11.8 Å². The van der Waals surface area contributed by atoms with Crippen molar-refractivity contribution < 1.29 is 9.59 Å². The molecule has 8 bridgehead atoms. The van der Waals surface area contributed by atoms with Crippen molar-refractivity contribution in [3.8, 4) is 11.4 Å². The quantitative estimate of drug-likeness (QED) is 0.348. The molecule has 1 heterocycles. The molecule has 8 saturated carbocycles. The number of hydrogen-bond donors (Lipinski definition) is 3. The SMILES string of the molecule is O=C(NC1C2CC3CC(C2)CC1C3)c1ccc(-c2nc3ccc(C(=O)NC4C5CC6CC(C5)CC4C6)cc3[nH]2)cc1. The average molecular weight is 549 g/mol. The molecule has 8 fully saturated rings. The van der Waals surface area contributed by atoms with Crippen LogP contribution in [-0.2, 0) is 0 Å². The number of fused-ring (bicyclic) bond motifs is 1. The van der Waals surface area contributed by atoms with Gasteiger partial charge >= 0.3 is 0 Å². The predicted octanol–water partition coefficient (Wildman–Crippen LogP) is 6.34. The number of amides is 2. The highest BCUT2D eigenvalue weighted by Crippen LogP contribution is 2.54. The molecule has 0 radical (unpaired) electrons. The summed E-state index contributed by atoms with van der Waals surface area (Å²) in [6.45, 7) is 0. The standard InChI is InChI=1S/C35H40N4O2/c40-34(38-31-25-9-18-7-19(11-25)12-26(31)10-18)23-3-1-22(2-4-23)33-36-29-6-5-24(17-30(29)37-33)35(41)39-32-27-13-20-8-21(15-27)16-28(32)14-20/h1-6,17-21,25-28,31-32H,7-16H2,(H,36,37)(H,38,40)(H,39,41). The minimum absolute atomic E-state index is 0.0371. The predicted molar refractivity (Wildman–Crippen MR) is 158 cm³/mol. The Morgan fingerprint density at radius 1 is 0.610 bits per heavy atom. The number of nitrogens with one attached hydrogen (secondary N) is 3. The first kappa shape index (κ1) is 24.4. The number of rotatable bonds is 5. The number of H-pyrrole nitrogens is 1. The van der Waals surface area contributed by atoms with E-state index in [0.29, 0.717) is 46.9 Å². The fourth-order valence-electron chi connectivity index (χ4n) is 10.9. The third-order valence-electron chi connectivity index (χ3n) is 12.2. The van der Waals surface area contributed by atoms with E-state index in [4.69, 9.17) is 4.98 Å². The minimum atomic E-state index is 0.0371. The van der Waals surface area contributed by atoms with E-state index >= 15 is 0 Å². The first-order chi connectivity index (χ1) is 20.0. The molecule has 0 unspecified atom stereocenters. The molecule has 3 aromatic rings. The number of imidazole rings is 1. The third-order valence-corrected chi connectivity index (χ3v) is 12.2. The van der Waals surface area contributed by atoms with Crippen molar-refractivity contribution in [1.82, 2.24) is 20.6 Å². The Hall–Kier alpha value is -3.15. The van der Waals surface area contributed by atoms with Gasteiger partial charge in [-0.2, -0.15) is 0 Å². The first-order valence-electron chi connectivity index (χ1n) is 16.2. The van der Waals surface area contributed by atoms with Crippen LogP contribution < -0.4 is 10.6 Å². The van der Waals surface area contributed by atoms with Gasteiger partial charge in [0.1, 0.15) is 5.82 Å². The van der Waals surface area contributed by atoms with Crippen LogP contribution in [-0.4, -0.2) is 33.9 Å². The van der Waals surface area contributed by atoms with Gasteiger partial charge < -0.3 is 15.6 Å². The average Bonchev–Trinajstić information content (AvgIpc) is 3.40. The summed E-state index contributed by atoms with van der Waals surface area (Å²) in [5.41, 5.74) is 4.05.